The zero-order valence-electron chi connectivity index (χ0n) is 18.5. The molecule has 0 bridgehead atoms. The molecule has 0 spiro atoms. The Morgan fingerprint density at radius 1 is 1.03 bits per heavy atom. The van der Waals surface area contributed by atoms with Crippen molar-refractivity contribution in [2.45, 2.75) is 37.3 Å². The number of hydrogen-bond donors (Lipinski definition) is 2. The van der Waals surface area contributed by atoms with Gasteiger partial charge in [0.2, 0.25) is 10.0 Å². The van der Waals surface area contributed by atoms with Crippen LogP contribution >= 0.6 is 0 Å². The molecule has 0 fully saturated rings. The number of anilines is 1. The number of carbonyl (C=O) groups is 2. The molecule has 0 saturated carbocycles. The molecule has 2 atom stereocenters. The van der Waals surface area contributed by atoms with E-state index in [0.29, 0.717) is 42.6 Å². The standard InChI is InChI=1S/C22H26N2O8S/c1-14(22(26)32-15(2)21(25)23-17-7-4-5-8-18(17)29-3)24-33(27,28)16-9-10-19-20(13-16)31-12-6-11-30-19/h4-5,7-10,13-15,24H,6,11-12H2,1-3H3,(H,23,25). The molecule has 0 radical (unpaired) electrons. The molecular weight excluding hydrogens is 452 g/mol. The molecule has 0 aromatic heterocycles. The number of esters is 1. The van der Waals surface area contributed by atoms with E-state index in [9.17, 15) is 18.0 Å². The van der Waals surface area contributed by atoms with Gasteiger partial charge in [-0.25, -0.2) is 8.42 Å². The predicted octanol–water partition coefficient (Wildman–Crippen LogP) is 2.09. The highest BCUT2D eigenvalue weighted by Gasteiger charge is 2.27. The number of carbonyl (C=O) groups excluding carboxylic acids is 2. The lowest BCUT2D eigenvalue weighted by Gasteiger charge is -2.18. The molecule has 2 unspecified atom stereocenters. The normalized spacial score (nSPS) is 15.0. The van der Waals surface area contributed by atoms with Crippen molar-refractivity contribution in [1.82, 2.24) is 4.72 Å². The fraction of sp³-hybridized carbons (Fsp3) is 0.364. The zero-order chi connectivity index (χ0) is 24.0. The third-order valence-electron chi connectivity index (χ3n) is 4.74. The summed E-state index contributed by atoms with van der Waals surface area (Å²) in [6.07, 6.45) is -0.492. The van der Waals surface area contributed by atoms with Crippen LogP contribution in [0.25, 0.3) is 0 Å². The van der Waals surface area contributed by atoms with Crippen LogP contribution in [0.2, 0.25) is 0 Å². The van der Waals surface area contributed by atoms with Crippen molar-refractivity contribution in [3.8, 4) is 17.2 Å². The fourth-order valence-electron chi connectivity index (χ4n) is 2.97. The van der Waals surface area contributed by atoms with E-state index in [2.05, 4.69) is 10.0 Å². The van der Waals surface area contributed by atoms with Crippen LogP contribution < -0.4 is 24.2 Å². The minimum Gasteiger partial charge on any atom is -0.495 e. The summed E-state index contributed by atoms with van der Waals surface area (Å²) in [6.45, 7) is 3.59. The van der Waals surface area contributed by atoms with Crippen molar-refractivity contribution < 1.29 is 37.0 Å². The minimum absolute atomic E-state index is 0.0895. The van der Waals surface area contributed by atoms with Gasteiger partial charge >= 0.3 is 5.97 Å². The molecule has 0 aliphatic carbocycles. The number of nitrogens with one attached hydrogen (secondary N) is 2. The number of rotatable bonds is 8. The summed E-state index contributed by atoms with van der Waals surface area (Å²) in [5, 5.41) is 2.61. The van der Waals surface area contributed by atoms with Crippen molar-refractivity contribution >= 4 is 27.6 Å². The largest absolute Gasteiger partial charge is 0.495 e. The highest BCUT2D eigenvalue weighted by Crippen LogP contribution is 2.32. The van der Waals surface area contributed by atoms with E-state index >= 15 is 0 Å². The number of benzene rings is 2. The van der Waals surface area contributed by atoms with Gasteiger partial charge in [-0.05, 0) is 38.1 Å². The summed E-state index contributed by atoms with van der Waals surface area (Å²) in [4.78, 5) is 24.7. The maximum Gasteiger partial charge on any atom is 0.324 e. The second kappa shape index (κ2) is 10.5. The summed E-state index contributed by atoms with van der Waals surface area (Å²) in [5.41, 5.74) is 0.413. The van der Waals surface area contributed by atoms with Crippen molar-refractivity contribution in [2.75, 3.05) is 25.6 Å². The Balaban J connectivity index is 1.61. The Bertz CT molecular complexity index is 1120. The quantitative estimate of drug-likeness (QED) is 0.552. The molecule has 33 heavy (non-hydrogen) atoms. The van der Waals surface area contributed by atoms with Gasteiger partial charge in [0, 0.05) is 12.5 Å². The van der Waals surface area contributed by atoms with E-state index in [1.54, 1.807) is 24.3 Å². The molecule has 1 heterocycles. The maximum atomic E-state index is 12.7. The van der Waals surface area contributed by atoms with Gasteiger partial charge in [0.15, 0.2) is 17.6 Å². The molecule has 3 rings (SSSR count). The highest BCUT2D eigenvalue weighted by molar-refractivity contribution is 7.89. The Kier molecular flexibility index (Phi) is 7.77. The van der Waals surface area contributed by atoms with Gasteiger partial charge in [-0.2, -0.15) is 4.72 Å². The lowest BCUT2D eigenvalue weighted by Crippen LogP contribution is -2.42. The Morgan fingerprint density at radius 2 is 1.73 bits per heavy atom. The summed E-state index contributed by atoms with van der Waals surface area (Å²) in [6, 6.07) is 9.72. The summed E-state index contributed by atoms with van der Waals surface area (Å²) in [5.74, 6) is -0.289. The van der Waals surface area contributed by atoms with Gasteiger partial charge in [-0.15, -0.1) is 0 Å². The van der Waals surface area contributed by atoms with E-state index in [-0.39, 0.29) is 4.90 Å². The molecule has 1 aliphatic heterocycles. The van der Waals surface area contributed by atoms with Crippen LogP contribution in [0.4, 0.5) is 5.69 Å². The lowest BCUT2D eigenvalue weighted by atomic mass is 10.2. The lowest BCUT2D eigenvalue weighted by molar-refractivity contribution is -0.154. The second-order valence-electron chi connectivity index (χ2n) is 7.27. The molecule has 1 amide bonds. The Morgan fingerprint density at radius 3 is 2.45 bits per heavy atom. The van der Waals surface area contributed by atoms with Gasteiger partial charge in [-0.3, -0.25) is 9.59 Å². The Hall–Kier alpha value is -3.31. The van der Waals surface area contributed by atoms with Gasteiger partial charge < -0.3 is 24.3 Å². The number of sulfonamides is 1. The first-order valence-electron chi connectivity index (χ1n) is 10.3. The summed E-state index contributed by atoms with van der Waals surface area (Å²) >= 11 is 0. The van der Waals surface area contributed by atoms with Gasteiger partial charge in [0.1, 0.15) is 11.8 Å². The predicted molar refractivity (Wildman–Crippen MR) is 119 cm³/mol. The van der Waals surface area contributed by atoms with E-state index in [1.165, 1.54) is 39.2 Å². The maximum absolute atomic E-state index is 12.7. The molecule has 10 nitrogen and oxygen atoms in total. The second-order valence-corrected chi connectivity index (χ2v) is 8.98. The first-order chi connectivity index (χ1) is 15.7. The van der Waals surface area contributed by atoms with Crippen LogP contribution in [0.15, 0.2) is 47.4 Å². The molecule has 2 aromatic rings. The number of hydrogen-bond acceptors (Lipinski definition) is 8. The highest BCUT2D eigenvalue weighted by atomic mass is 32.2. The third-order valence-corrected chi connectivity index (χ3v) is 6.28. The first kappa shape index (κ1) is 24.3. The molecular formula is C22H26N2O8S. The smallest absolute Gasteiger partial charge is 0.324 e. The average Bonchev–Trinajstić information content (AvgIpc) is 3.04. The average molecular weight is 479 g/mol. The van der Waals surface area contributed by atoms with Crippen LogP contribution in [-0.4, -0.2) is 52.8 Å². The van der Waals surface area contributed by atoms with Crippen LogP contribution in [-0.2, 0) is 24.3 Å². The summed E-state index contributed by atoms with van der Waals surface area (Å²) < 4.78 is 49.1. The number of fused-ring (bicyclic) bond motifs is 1. The van der Waals surface area contributed by atoms with E-state index < -0.39 is 34.0 Å². The zero-order valence-corrected chi connectivity index (χ0v) is 19.3. The van der Waals surface area contributed by atoms with Crippen molar-refractivity contribution in [1.29, 1.82) is 0 Å². The number of ether oxygens (including phenoxy) is 4. The molecule has 11 heteroatoms. The van der Waals surface area contributed by atoms with Crippen LogP contribution in [0.1, 0.15) is 20.3 Å². The minimum atomic E-state index is -4.07. The van der Waals surface area contributed by atoms with Crippen molar-refractivity contribution in [3.05, 3.63) is 42.5 Å². The summed E-state index contributed by atoms with van der Waals surface area (Å²) in [7, 11) is -2.60. The van der Waals surface area contributed by atoms with E-state index in [4.69, 9.17) is 18.9 Å². The first-order valence-corrected chi connectivity index (χ1v) is 11.8. The monoisotopic (exact) mass is 478 g/mol. The van der Waals surface area contributed by atoms with Gasteiger partial charge in [0.25, 0.3) is 5.91 Å². The molecule has 0 saturated heterocycles. The van der Waals surface area contributed by atoms with Gasteiger partial charge in [-0.1, -0.05) is 12.1 Å². The SMILES string of the molecule is COc1ccccc1NC(=O)C(C)OC(=O)C(C)NS(=O)(=O)c1ccc2c(c1)OCCCO2. The molecule has 1 aliphatic rings. The fourth-order valence-corrected chi connectivity index (χ4v) is 4.18. The molecule has 2 aromatic carbocycles. The van der Waals surface area contributed by atoms with Crippen LogP contribution in [0, 0.1) is 0 Å². The van der Waals surface area contributed by atoms with Gasteiger partial charge in [0.05, 0.1) is 30.9 Å². The van der Waals surface area contributed by atoms with Crippen molar-refractivity contribution in [3.63, 3.8) is 0 Å². The van der Waals surface area contributed by atoms with Crippen LogP contribution in [0.3, 0.4) is 0 Å². The Labute approximate surface area is 192 Å². The molecule has 2 N–H and O–H groups in total. The van der Waals surface area contributed by atoms with E-state index in [1.807, 2.05) is 0 Å². The molecule has 178 valence electrons. The topological polar surface area (TPSA) is 129 Å². The number of methoxy groups -OCH3 is 1. The third kappa shape index (κ3) is 6.14. The number of para-hydroxylation sites is 2. The van der Waals surface area contributed by atoms with E-state index in [0.717, 1.165) is 0 Å². The van der Waals surface area contributed by atoms with Crippen molar-refractivity contribution in [2.24, 2.45) is 0 Å². The number of amides is 1. The van der Waals surface area contributed by atoms with Crippen LogP contribution in [0.5, 0.6) is 17.2 Å².